The molecule has 2 heterocycles. The second-order valence-electron chi connectivity index (χ2n) is 6.24. The van der Waals surface area contributed by atoms with E-state index in [4.69, 9.17) is 18.9 Å². The number of methoxy groups -OCH3 is 4. The van der Waals surface area contributed by atoms with Gasteiger partial charge in [-0.15, -0.1) is 0 Å². The summed E-state index contributed by atoms with van der Waals surface area (Å²) in [4.78, 5) is 0. The topological polar surface area (TPSA) is 76.8 Å². The summed E-state index contributed by atoms with van der Waals surface area (Å²) >= 11 is 0. The third kappa shape index (κ3) is 2.58. The molecule has 0 atom stereocenters. The molecule has 0 radical (unpaired) electrons. The molecule has 27 heavy (non-hydrogen) atoms. The van der Waals surface area contributed by atoms with Crippen LogP contribution in [0.25, 0.3) is 22.2 Å². The van der Waals surface area contributed by atoms with Gasteiger partial charge in [0, 0.05) is 23.0 Å². The van der Waals surface area contributed by atoms with Crippen LogP contribution >= 0.6 is 0 Å². The van der Waals surface area contributed by atoms with Gasteiger partial charge in [0.05, 0.1) is 34.0 Å². The third-order valence-corrected chi connectivity index (χ3v) is 4.91. The highest BCUT2D eigenvalue weighted by Crippen LogP contribution is 2.42. The molecule has 0 aliphatic carbocycles. The average Bonchev–Trinajstić information content (AvgIpc) is 2.71. The zero-order valence-electron chi connectivity index (χ0n) is 15.7. The fraction of sp³-hybridized carbons (Fsp3) is 0.300. The molecule has 1 aliphatic heterocycles. The van der Waals surface area contributed by atoms with E-state index in [-0.39, 0.29) is 5.75 Å². The molecule has 0 saturated carbocycles. The van der Waals surface area contributed by atoms with Gasteiger partial charge < -0.3 is 24.1 Å². The van der Waals surface area contributed by atoms with Gasteiger partial charge in [0.15, 0.2) is 29.5 Å². The molecule has 140 valence electrons. The Morgan fingerprint density at radius 2 is 1.44 bits per heavy atom. The van der Waals surface area contributed by atoms with Crippen LogP contribution in [0.2, 0.25) is 0 Å². The first-order chi connectivity index (χ1) is 13.1. The number of nitrogens with zero attached hydrogens (tertiary/aromatic N) is 2. The first kappa shape index (κ1) is 17.2. The molecule has 4 rings (SSSR count). The molecule has 0 fully saturated rings. The van der Waals surface area contributed by atoms with Gasteiger partial charge in [-0.25, -0.2) is 0 Å². The number of benzene rings is 2. The summed E-state index contributed by atoms with van der Waals surface area (Å²) in [7, 11) is 6.28. The van der Waals surface area contributed by atoms with Crippen molar-refractivity contribution in [2.24, 2.45) is 0 Å². The Bertz CT molecular complexity index is 1050. The second kappa shape index (κ2) is 6.50. The molecule has 0 saturated heterocycles. The predicted octanol–water partition coefficient (Wildman–Crippen LogP) is 1.85. The fourth-order valence-electron chi connectivity index (χ4n) is 3.56. The average molecular weight is 368 g/mol. The minimum atomic E-state index is -0.103. The molecule has 3 aromatic rings. The van der Waals surface area contributed by atoms with E-state index in [0.717, 1.165) is 17.5 Å². The SMILES string of the molecule is COc1cc2c(cc1OC)-c1c([O-])c3cc(OC)c(OC)cc3n[n+]1CC2. The van der Waals surface area contributed by atoms with Crippen LogP contribution in [-0.2, 0) is 13.0 Å². The zero-order chi connectivity index (χ0) is 19.1. The van der Waals surface area contributed by atoms with E-state index in [1.54, 1.807) is 45.3 Å². The van der Waals surface area contributed by atoms with Crippen LogP contribution in [0.5, 0.6) is 28.7 Å². The number of ether oxygens (including phenoxy) is 4. The quantitative estimate of drug-likeness (QED) is 0.654. The molecule has 1 aliphatic rings. The van der Waals surface area contributed by atoms with Crippen LogP contribution in [0.3, 0.4) is 0 Å². The first-order valence-electron chi connectivity index (χ1n) is 8.53. The molecule has 0 bridgehead atoms. The first-order valence-corrected chi connectivity index (χ1v) is 8.53. The normalized spacial score (nSPS) is 12.3. The highest BCUT2D eigenvalue weighted by molar-refractivity contribution is 5.91. The lowest BCUT2D eigenvalue weighted by atomic mass is 9.95. The van der Waals surface area contributed by atoms with Gasteiger partial charge >= 0.3 is 0 Å². The predicted molar refractivity (Wildman–Crippen MR) is 96.7 cm³/mol. The van der Waals surface area contributed by atoms with E-state index >= 15 is 0 Å². The minimum Gasteiger partial charge on any atom is -0.867 e. The van der Waals surface area contributed by atoms with Crippen LogP contribution in [0.4, 0.5) is 0 Å². The summed E-state index contributed by atoms with van der Waals surface area (Å²) in [5, 5.41) is 18.5. The van der Waals surface area contributed by atoms with Crippen LogP contribution in [0, 0.1) is 0 Å². The fourth-order valence-corrected chi connectivity index (χ4v) is 3.56. The molecular formula is C20H20N2O5. The van der Waals surface area contributed by atoms with Crippen molar-refractivity contribution in [3.63, 3.8) is 0 Å². The maximum Gasteiger partial charge on any atom is 0.232 e. The van der Waals surface area contributed by atoms with Crippen LogP contribution < -0.4 is 28.7 Å². The molecular weight excluding hydrogens is 348 g/mol. The molecule has 2 aromatic carbocycles. The van der Waals surface area contributed by atoms with Crippen LogP contribution in [0.15, 0.2) is 24.3 Å². The van der Waals surface area contributed by atoms with Crippen molar-refractivity contribution < 1.29 is 28.7 Å². The van der Waals surface area contributed by atoms with Gasteiger partial charge in [-0.05, 0) is 29.5 Å². The van der Waals surface area contributed by atoms with Gasteiger partial charge in [0.1, 0.15) is 5.52 Å². The molecule has 7 heteroatoms. The van der Waals surface area contributed by atoms with E-state index < -0.39 is 0 Å². The van der Waals surface area contributed by atoms with Gasteiger partial charge in [0.2, 0.25) is 5.69 Å². The Morgan fingerprint density at radius 1 is 0.852 bits per heavy atom. The summed E-state index contributed by atoms with van der Waals surface area (Å²) in [5.74, 6) is 2.17. The molecule has 0 spiro atoms. The smallest absolute Gasteiger partial charge is 0.232 e. The van der Waals surface area contributed by atoms with Crippen molar-refractivity contribution >= 4 is 10.9 Å². The lowest BCUT2D eigenvalue weighted by molar-refractivity contribution is -0.744. The maximum atomic E-state index is 13.3. The van der Waals surface area contributed by atoms with Gasteiger partial charge in [-0.3, -0.25) is 0 Å². The Kier molecular flexibility index (Phi) is 4.14. The molecule has 0 unspecified atom stereocenters. The Labute approximate surface area is 156 Å². The van der Waals surface area contributed by atoms with Crippen LogP contribution in [0.1, 0.15) is 5.56 Å². The molecule has 7 nitrogen and oxygen atoms in total. The molecule has 1 aromatic heterocycles. The van der Waals surface area contributed by atoms with Crippen molar-refractivity contribution in [1.29, 1.82) is 0 Å². The van der Waals surface area contributed by atoms with Gasteiger partial charge in [-0.2, -0.15) is 0 Å². The number of rotatable bonds is 4. The highest BCUT2D eigenvalue weighted by atomic mass is 16.5. The number of hydrogen-bond donors (Lipinski definition) is 0. The molecule has 0 amide bonds. The third-order valence-electron chi connectivity index (χ3n) is 4.91. The lowest BCUT2D eigenvalue weighted by Gasteiger charge is -2.21. The number of aryl methyl sites for hydroxylation is 2. The highest BCUT2D eigenvalue weighted by Gasteiger charge is 2.29. The maximum absolute atomic E-state index is 13.3. The zero-order valence-corrected chi connectivity index (χ0v) is 15.7. The van der Waals surface area contributed by atoms with Crippen molar-refractivity contribution in [1.82, 2.24) is 5.10 Å². The Morgan fingerprint density at radius 3 is 2.11 bits per heavy atom. The second-order valence-corrected chi connectivity index (χ2v) is 6.24. The van der Waals surface area contributed by atoms with Crippen molar-refractivity contribution in [3.8, 4) is 40.0 Å². The Balaban J connectivity index is 2.01. The van der Waals surface area contributed by atoms with E-state index in [1.165, 1.54) is 0 Å². The lowest BCUT2D eigenvalue weighted by Crippen LogP contribution is -2.44. The summed E-state index contributed by atoms with van der Waals surface area (Å²) in [6.07, 6.45) is 0.749. The van der Waals surface area contributed by atoms with E-state index in [2.05, 4.69) is 5.10 Å². The monoisotopic (exact) mass is 368 g/mol. The van der Waals surface area contributed by atoms with E-state index in [9.17, 15) is 5.11 Å². The summed E-state index contributed by atoms with van der Waals surface area (Å²) in [6.45, 7) is 0.608. The van der Waals surface area contributed by atoms with Crippen molar-refractivity contribution in [3.05, 3.63) is 29.8 Å². The molecule has 0 N–H and O–H groups in total. The number of hydrogen-bond acceptors (Lipinski definition) is 6. The summed E-state index contributed by atoms with van der Waals surface area (Å²) in [6, 6.07) is 7.18. The van der Waals surface area contributed by atoms with Crippen molar-refractivity contribution in [2.45, 2.75) is 13.0 Å². The minimum absolute atomic E-state index is 0.103. The van der Waals surface area contributed by atoms with Gasteiger partial charge in [-0.1, -0.05) is 4.68 Å². The number of aromatic nitrogens is 2. The summed E-state index contributed by atoms with van der Waals surface area (Å²) in [5.41, 5.74) is 2.96. The van der Waals surface area contributed by atoms with Crippen molar-refractivity contribution in [2.75, 3.05) is 28.4 Å². The van der Waals surface area contributed by atoms with E-state index in [0.29, 0.717) is 46.1 Å². The Hall–Kier alpha value is -3.22. The largest absolute Gasteiger partial charge is 0.867 e. The standard InChI is InChI=1S/C20H20N2O5/c1-24-15-7-11-5-6-22-19(12(11)8-16(15)25-2)20(23)13-9-17(26-3)18(27-4)10-14(13)21-22/h7-10H,5-6H2,1-4H3. The summed E-state index contributed by atoms with van der Waals surface area (Å²) < 4.78 is 23.2. The number of fused-ring (bicyclic) bond motifs is 4. The van der Waals surface area contributed by atoms with Gasteiger partial charge in [0.25, 0.3) is 0 Å². The van der Waals surface area contributed by atoms with E-state index in [1.807, 2.05) is 12.1 Å². The van der Waals surface area contributed by atoms with Crippen LogP contribution in [-0.4, -0.2) is 33.5 Å².